The van der Waals surface area contributed by atoms with E-state index >= 15 is 0 Å². The van der Waals surface area contributed by atoms with Gasteiger partial charge in [-0.15, -0.1) is 0 Å². The summed E-state index contributed by atoms with van der Waals surface area (Å²) in [6.07, 6.45) is 2.06. The molecule has 2 aliphatic rings. The largest absolute Gasteiger partial charge is 0.391 e. The summed E-state index contributed by atoms with van der Waals surface area (Å²) in [5.74, 6) is 0.764. The van der Waals surface area contributed by atoms with E-state index < -0.39 is 6.10 Å². The number of pyridine rings is 1. The van der Waals surface area contributed by atoms with Gasteiger partial charge in [-0.2, -0.15) is 0 Å². The van der Waals surface area contributed by atoms with E-state index in [4.69, 9.17) is 4.98 Å². The Hall–Kier alpha value is -2.12. The molecule has 2 saturated heterocycles. The molecule has 2 N–H and O–H groups in total. The summed E-state index contributed by atoms with van der Waals surface area (Å²) in [7, 11) is 0. The number of aromatic amines is 1. The van der Waals surface area contributed by atoms with Gasteiger partial charge in [0.2, 0.25) is 0 Å². The Morgan fingerprint density at radius 1 is 1.27 bits per heavy atom. The molecule has 0 aliphatic carbocycles. The van der Waals surface area contributed by atoms with Crippen LogP contribution in [-0.2, 0) is 0 Å². The monoisotopic (exact) mass is 357 g/mol. The minimum atomic E-state index is -0.426. The van der Waals surface area contributed by atoms with E-state index in [9.17, 15) is 9.90 Å². The standard InChI is InChI=1S/C19H27N5O2/c1-13(2)22-7-9-23(10-8-22)16-11-14-3-5-20-17(14)18(21-16)19(26)24-6-4-15(25)12-24/h3,5,11,13,15,20,25H,4,6-10,12H2,1-2H3. The lowest BCUT2D eigenvalue weighted by molar-refractivity contribution is 0.0761. The minimum Gasteiger partial charge on any atom is -0.391 e. The lowest BCUT2D eigenvalue weighted by Gasteiger charge is -2.37. The van der Waals surface area contributed by atoms with Crippen LogP contribution in [0.1, 0.15) is 30.8 Å². The van der Waals surface area contributed by atoms with Gasteiger partial charge in [-0.05, 0) is 32.4 Å². The molecule has 26 heavy (non-hydrogen) atoms. The fourth-order valence-electron chi connectivity index (χ4n) is 3.91. The van der Waals surface area contributed by atoms with Gasteiger partial charge in [0.1, 0.15) is 5.82 Å². The summed E-state index contributed by atoms with van der Waals surface area (Å²) in [5, 5.41) is 10.8. The van der Waals surface area contributed by atoms with Gasteiger partial charge in [-0.1, -0.05) is 0 Å². The molecule has 7 heteroatoms. The fourth-order valence-corrected chi connectivity index (χ4v) is 3.91. The number of likely N-dealkylation sites (tertiary alicyclic amines) is 1. The number of β-amino-alcohol motifs (C(OH)–C–C–N with tert-alkyl or cyclic N) is 1. The topological polar surface area (TPSA) is 75.7 Å². The van der Waals surface area contributed by atoms with Gasteiger partial charge in [-0.25, -0.2) is 4.98 Å². The molecule has 2 aromatic heterocycles. The van der Waals surface area contributed by atoms with Crippen molar-refractivity contribution in [2.24, 2.45) is 0 Å². The molecule has 1 atom stereocenters. The number of aliphatic hydroxyl groups excluding tert-OH is 1. The first-order chi connectivity index (χ1) is 12.5. The predicted molar refractivity (Wildman–Crippen MR) is 102 cm³/mol. The zero-order chi connectivity index (χ0) is 18.3. The Bertz CT molecular complexity index is 794. The van der Waals surface area contributed by atoms with Crippen molar-refractivity contribution in [2.45, 2.75) is 32.4 Å². The van der Waals surface area contributed by atoms with Crippen LogP contribution in [0.4, 0.5) is 5.82 Å². The second-order valence-corrected chi connectivity index (χ2v) is 7.58. The van der Waals surface area contributed by atoms with Crippen molar-refractivity contribution in [3.05, 3.63) is 24.0 Å². The number of carbonyl (C=O) groups is 1. The summed E-state index contributed by atoms with van der Waals surface area (Å²) < 4.78 is 0. The van der Waals surface area contributed by atoms with E-state index in [1.54, 1.807) is 4.90 Å². The number of H-pyrrole nitrogens is 1. The van der Waals surface area contributed by atoms with Crippen LogP contribution in [0.5, 0.6) is 0 Å². The van der Waals surface area contributed by atoms with E-state index in [0.717, 1.165) is 42.9 Å². The second kappa shape index (κ2) is 6.89. The Labute approximate surface area is 153 Å². The van der Waals surface area contributed by atoms with Crippen molar-refractivity contribution < 1.29 is 9.90 Å². The number of anilines is 1. The fraction of sp³-hybridized carbons (Fsp3) is 0.579. The van der Waals surface area contributed by atoms with Gasteiger partial charge in [0.25, 0.3) is 5.91 Å². The SMILES string of the molecule is CC(C)N1CCN(c2cc3cc[nH]c3c(C(=O)N3CCC(O)C3)n2)CC1. The van der Waals surface area contributed by atoms with Crippen molar-refractivity contribution in [3.63, 3.8) is 0 Å². The Morgan fingerprint density at radius 2 is 2.04 bits per heavy atom. The van der Waals surface area contributed by atoms with Gasteiger partial charge in [0.15, 0.2) is 5.69 Å². The molecule has 0 spiro atoms. The highest BCUT2D eigenvalue weighted by Crippen LogP contribution is 2.25. The van der Waals surface area contributed by atoms with Crippen molar-refractivity contribution in [1.82, 2.24) is 19.8 Å². The van der Waals surface area contributed by atoms with Crippen LogP contribution in [0.15, 0.2) is 18.3 Å². The summed E-state index contributed by atoms with van der Waals surface area (Å²) in [6.45, 7) is 9.26. The van der Waals surface area contributed by atoms with E-state index in [1.165, 1.54) is 0 Å². The maximum atomic E-state index is 13.0. The average Bonchev–Trinajstić information content (AvgIpc) is 3.29. The van der Waals surface area contributed by atoms with Gasteiger partial charge in [0.05, 0.1) is 11.6 Å². The number of aromatic nitrogens is 2. The van der Waals surface area contributed by atoms with Crippen LogP contribution >= 0.6 is 0 Å². The molecule has 0 aromatic carbocycles. The number of carbonyl (C=O) groups excluding carboxylic acids is 1. The lowest BCUT2D eigenvalue weighted by atomic mass is 10.2. The first-order valence-electron chi connectivity index (χ1n) is 9.47. The lowest BCUT2D eigenvalue weighted by Crippen LogP contribution is -2.49. The van der Waals surface area contributed by atoms with Gasteiger partial charge in [0, 0.05) is 56.9 Å². The molecule has 0 saturated carbocycles. The van der Waals surface area contributed by atoms with Gasteiger partial charge >= 0.3 is 0 Å². The highest BCUT2D eigenvalue weighted by atomic mass is 16.3. The normalized spacial score (nSPS) is 21.9. The van der Waals surface area contributed by atoms with E-state index in [1.807, 2.05) is 12.3 Å². The Kier molecular flexibility index (Phi) is 4.58. The second-order valence-electron chi connectivity index (χ2n) is 7.58. The van der Waals surface area contributed by atoms with Gasteiger partial charge < -0.3 is 19.9 Å². The first kappa shape index (κ1) is 17.3. The zero-order valence-electron chi connectivity index (χ0n) is 15.5. The van der Waals surface area contributed by atoms with E-state index in [0.29, 0.717) is 31.2 Å². The Morgan fingerprint density at radius 3 is 2.69 bits per heavy atom. The maximum absolute atomic E-state index is 13.0. The third-order valence-electron chi connectivity index (χ3n) is 5.55. The molecule has 0 bridgehead atoms. The van der Waals surface area contributed by atoms with Crippen LogP contribution in [-0.4, -0.2) is 82.2 Å². The van der Waals surface area contributed by atoms with Gasteiger partial charge in [-0.3, -0.25) is 9.69 Å². The summed E-state index contributed by atoms with van der Waals surface area (Å²) in [4.78, 5) is 27.3. The molecular formula is C19H27N5O2. The third kappa shape index (κ3) is 3.17. The van der Waals surface area contributed by atoms with Crippen LogP contribution in [0, 0.1) is 0 Å². The maximum Gasteiger partial charge on any atom is 0.274 e. The average molecular weight is 357 g/mol. The number of amides is 1. The number of nitrogens with zero attached hydrogens (tertiary/aromatic N) is 4. The zero-order valence-corrected chi connectivity index (χ0v) is 15.5. The molecule has 1 amide bonds. The van der Waals surface area contributed by atoms with Crippen LogP contribution in [0.2, 0.25) is 0 Å². The highest BCUT2D eigenvalue weighted by Gasteiger charge is 2.29. The quantitative estimate of drug-likeness (QED) is 0.866. The molecule has 1 unspecified atom stereocenters. The number of aliphatic hydroxyl groups is 1. The van der Waals surface area contributed by atoms with Crippen molar-refractivity contribution >= 4 is 22.6 Å². The molecule has 2 aliphatic heterocycles. The highest BCUT2D eigenvalue weighted by molar-refractivity contribution is 6.04. The number of fused-ring (bicyclic) bond motifs is 1. The molecule has 7 nitrogen and oxygen atoms in total. The molecule has 0 radical (unpaired) electrons. The molecule has 4 heterocycles. The van der Waals surface area contributed by atoms with E-state index in [-0.39, 0.29) is 5.91 Å². The minimum absolute atomic E-state index is 0.100. The number of hydrogen-bond donors (Lipinski definition) is 2. The summed E-state index contributed by atoms with van der Waals surface area (Å²) in [5.41, 5.74) is 1.24. The van der Waals surface area contributed by atoms with Crippen molar-refractivity contribution in [3.8, 4) is 0 Å². The number of hydrogen-bond acceptors (Lipinski definition) is 5. The predicted octanol–water partition coefficient (Wildman–Crippen LogP) is 1.30. The Balaban J connectivity index is 1.62. The van der Waals surface area contributed by atoms with Crippen LogP contribution in [0.3, 0.4) is 0 Å². The molecule has 2 fully saturated rings. The third-order valence-corrected chi connectivity index (χ3v) is 5.55. The molecule has 2 aromatic rings. The van der Waals surface area contributed by atoms with E-state index in [2.05, 4.69) is 34.7 Å². The number of nitrogens with one attached hydrogen (secondary N) is 1. The first-order valence-corrected chi connectivity index (χ1v) is 9.47. The smallest absolute Gasteiger partial charge is 0.274 e. The van der Waals surface area contributed by atoms with Crippen molar-refractivity contribution in [1.29, 1.82) is 0 Å². The summed E-state index contributed by atoms with van der Waals surface area (Å²) in [6, 6.07) is 4.60. The summed E-state index contributed by atoms with van der Waals surface area (Å²) >= 11 is 0. The molecule has 140 valence electrons. The molecule has 4 rings (SSSR count). The molecular weight excluding hydrogens is 330 g/mol. The van der Waals surface area contributed by atoms with Crippen molar-refractivity contribution in [2.75, 3.05) is 44.2 Å². The number of rotatable bonds is 3. The van der Waals surface area contributed by atoms with Crippen LogP contribution < -0.4 is 4.90 Å². The van der Waals surface area contributed by atoms with Crippen LogP contribution in [0.25, 0.3) is 10.9 Å². The number of piperazine rings is 1.